The van der Waals surface area contributed by atoms with Crippen LogP contribution >= 0.6 is 15.9 Å². The number of halogens is 2. The van der Waals surface area contributed by atoms with Crippen molar-refractivity contribution in [3.05, 3.63) is 70.2 Å². The molecule has 0 bridgehead atoms. The SMILES string of the molecule is COc1ncc(C#Cc2ccc3c(c2)c(C(N)=O)nn3CC(=O)N2CC(F)CC2C(=O)Nc2cccc(Br)n2)cn1. The van der Waals surface area contributed by atoms with Crippen LogP contribution in [-0.2, 0) is 16.1 Å². The van der Waals surface area contributed by atoms with Gasteiger partial charge in [0.05, 0.1) is 24.7 Å². The molecule has 3 aromatic heterocycles. The molecular formula is C27H22BrFN8O4. The summed E-state index contributed by atoms with van der Waals surface area (Å²) in [5, 5.41) is 7.27. The zero-order valence-electron chi connectivity index (χ0n) is 21.5. The zero-order valence-corrected chi connectivity index (χ0v) is 23.1. The summed E-state index contributed by atoms with van der Waals surface area (Å²) in [5.41, 5.74) is 7.06. The monoisotopic (exact) mass is 620 g/mol. The second kappa shape index (κ2) is 11.7. The van der Waals surface area contributed by atoms with Gasteiger partial charge in [-0.3, -0.25) is 19.1 Å². The van der Waals surface area contributed by atoms with Gasteiger partial charge in [-0.05, 0) is 46.3 Å². The van der Waals surface area contributed by atoms with Crippen LogP contribution in [0, 0.1) is 11.8 Å². The van der Waals surface area contributed by atoms with Crippen LogP contribution in [0.2, 0.25) is 0 Å². The maximum absolute atomic E-state index is 14.4. The summed E-state index contributed by atoms with van der Waals surface area (Å²) in [4.78, 5) is 51.8. The Balaban J connectivity index is 1.37. The van der Waals surface area contributed by atoms with E-state index in [1.807, 2.05) is 0 Å². The third-order valence-corrected chi connectivity index (χ3v) is 6.71. The van der Waals surface area contributed by atoms with Crippen molar-refractivity contribution < 1.29 is 23.5 Å². The summed E-state index contributed by atoms with van der Waals surface area (Å²) in [6, 6.07) is 9.12. The molecule has 3 N–H and O–H groups in total. The summed E-state index contributed by atoms with van der Waals surface area (Å²) in [6.07, 6.45) is 1.50. The molecule has 1 aliphatic rings. The topological polar surface area (TPSA) is 158 Å². The van der Waals surface area contributed by atoms with E-state index in [9.17, 15) is 18.8 Å². The molecule has 41 heavy (non-hydrogen) atoms. The number of amides is 3. The number of pyridine rings is 1. The minimum Gasteiger partial charge on any atom is -0.467 e. The number of rotatable bonds is 6. The van der Waals surface area contributed by atoms with E-state index in [0.717, 1.165) is 0 Å². The van der Waals surface area contributed by atoms with Crippen molar-refractivity contribution in [2.45, 2.75) is 25.2 Å². The highest BCUT2D eigenvalue weighted by Gasteiger charge is 2.40. The van der Waals surface area contributed by atoms with Crippen LogP contribution in [-0.4, -0.2) is 73.2 Å². The fraction of sp³-hybridized carbons (Fsp3) is 0.222. The Hall–Kier alpha value is -4.90. The summed E-state index contributed by atoms with van der Waals surface area (Å²) < 4.78 is 21.2. The van der Waals surface area contributed by atoms with E-state index in [1.54, 1.807) is 36.4 Å². The molecule has 0 spiro atoms. The number of methoxy groups -OCH3 is 1. The zero-order chi connectivity index (χ0) is 29.1. The number of ether oxygens (including phenoxy) is 1. The molecule has 0 radical (unpaired) electrons. The van der Waals surface area contributed by atoms with Gasteiger partial charge in [0.2, 0.25) is 11.8 Å². The molecule has 208 valence electrons. The highest BCUT2D eigenvalue weighted by molar-refractivity contribution is 9.10. The molecule has 12 nitrogen and oxygen atoms in total. The van der Waals surface area contributed by atoms with E-state index in [2.05, 4.69) is 53.1 Å². The predicted molar refractivity (Wildman–Crippen MR) is 148 cm³/mol. The van der Waals surface area contributed by atoms with Gasteiger partial charge in [-0.25, -0.2) is 19.3 Å². The van der Waals surface area contributed by atoms with Crippen molar-refractivity contribution in [3.63, 3.8) is 0 Å². The van der Waals surface area contributed by atoms with Crippen molar-refractivity contribution in [1.82, 2.24) is 29.6 Å². The maximum atomic E-state index is 14.4. The third kappa shape index (κ3) is 6.15. The smallest absolute Gasteiger partial charge is 0.316 e. The predicted octanol–water partition coefficient (Wildman–Crippen LogP) is 2.07. The van der Waals surface area contributed by atoms with Crippen LogP contribution in [0.5, 0.6) is 6.01 Å². The van der Waals surface area contributed by atoms with Crippen molar-refractivity contribution in [2.75, 3.05) is 19.0 Å². The number of likely N-dealkylation sites (tertiary alicyclic amines) is 1. The number of anilines is 1. The first kappa shape index (κ1) is 27.7. The van der Waals surface area contributed by atoms with Crippen LogP contribution in [0.3, 0.4) is 0 Å². The van der Waals surface area contributed by atoms with E-state index >= 15 is 0 Å². The molecule has 4 heterocycles. The molecule has 1 aliphatic heterocycles. The number of hydrogen-bond acceptors (Lipinski definition) is 8. The third-order valence-electron chi connectivity index (χ3n) is 6.27. The van der Waals surface area contributed by atoms with Gasteiger partial charge in [-0.1, -0.05) is 17.9 Å². The molecule has 14 heteroatoms. The Morgan fingerprint density at radius 2 is 1.93 bits per heavy atom. The van der Waals surface area contributed by atoms with E-state index < -0.39 is 29.9 Å². The minimum atomic E-state index is -1.38. The number of fused-ring (bicyclic) bond motifs is 1. The van der Waals surface area contributed by atoms with Crippen molar-refractivity contribution in [2.24, 2.45) is 5.73 Å². The fourth-order valence-electron chi connectivity index (χ4n) is 4.41. The number of aromatic nitrogens is 5. The van der Waals surface area contributed by atoms with Gasteiger partial charge in [0, 0.05) is 29.8 Å². The van der Waals surface area contributed by atoms with Gasteiger partial charge >= 0.3 is 6.01 Å². The number of nitrogens with zero attached hydrogens (tertiary/aromatic N) is 6. The van der Waals surface area contributed by atoms with Crippen LogP contribution < -0.4 is 15.8 Å². The quantitative estimate of drug-likeness (QED) is 0.245. The number of nitrogens with two attached hydrogens (primary N) is 1. The second-order valence-corrected chi connectivity index (χ2v) is 9.85. The van der Waals surface area contributed by atoms with E-state index in [-0.39, 0.29) is 37.0 Å². The molecular weight excluding hydrogens is 599 g/mol. The lowest BCUT2D eigenvalue weighted by Crippen LogP contribution is -2.44. The van der Waals surface area contributed by atoms with Crippen molar-refractivity contribution >= 4 is 50.4 Å². The Bertz CT molecular complexity index is 1720. The second-order valence-electron chi connectivity index (χ2n) is 9.04. The average Bonchev–Trinajstić information content (AvgIpc) is 3.52. The van der Waals surface area contributed by atoms with Crippen molar-refractivity contribution in [1.29, 1.82) is 0 Å². The lowest BCUT2D eigenvalue weighted by molar-refractivity contribution is -0.137. The largest absolute Gasteiger partial charge is 0.467 e. The molecule has 1 aromatic carbocycles. The lowest BCUT2D eigenvalue weighted by atomic mass is 10.1. The molecule has 0 saturated carbocycles. The number of alkyl halides is 1. The molecule has 2 atom stereocenters. The van der Waals surface area contributed by atoms with Gasteiger partial charge in [-0.15, -0.1) is 0 Å². The van der Waals surface area contributed by atoms with E-state index in [1.165, 1.54) is 29.1 Å². The van der Waals surface area contributed by atoms with Gasteiger partial charge in [0.25, 0.3) is 5.91 Å². The molecule has 1 fully saturated rings. The summed E-state index contributed by atoms with van der Waals surface area (Å²) in [6.45, 7) is -0.594. The number of hydrogen-bond donors (Lipinski definition) is 2. The van der Waals surface area contributed by atoms with Crippen LogP contribution in [0.25, 0.3) is 10.9 Å². The van der Waals surface area contributed by atoms with Crippen LogP contribution in [0.1, 0.15) is 28.0 Å². The Labute approximate surface area is 241 Å². The first-order valence-electron chi connectivity index (χ1n) is 12.3. The number of nitrogens with one attached hydrogen (secondary N) is 1. The first-order chi connectivity index (χ1) is 19.7. The Morgan fingerprint density at radius 3 is 2.63 bits per heavy atom. The van der Waals surface area contributed by atoms with Crippen molar-refractivity contribution in [3.8, 4) is 17.9 Å². The molecule has 5 rings (SSSR count). The molecule has 2 unspecified atom stereocenters. The average molecular weight is 621 g/mol. The Morgan fingerprint density at radius 1 is 1.17 bits per heavy atom. The van der Waals surface area contributed by atoms with Gasteiger partial charge in [0.1, 0.15) is 29.2 Å². The highest BCUT2D eigenvalue weighted by atomic mass is 79.9. The normalized spacial score (nSPS) is 16.2. The molecule has 3 amide bonds. The summed E-state index contributed by atoms with van der Waals surface area (Å²) >= 11 is 3.23. The number of benzene rings is 1. The van der Waals surface area contributed by atoms with Crippen LogP contribution in [0.4, 0.5) is 10.2 Å². The first-order valence-corrected chi connectivity index (χ1v) is 13.1. The fourth-order valence-corrected chi connectivity index (χ4v) is 4.75. The van der Waals surface area contributed by atoms with Gasteiger partial charge in [-0.2, -0.15) is 5.10 Å². The maximum Gasteiger partial charge on any atom is 0.316 e. The van der Waals surface area contributed by atoms with Crippen LogP contribution in [0.15, 0.2) is 53.4 Å². The van der Waals surface area contributed by atoms with E-state index in [0.29, 0.717) is 26.6 Å². The standard InChI is InChI=1S/C27H22BrFN8O4/c1-41-27-31-11-16(12-32-27)6-5-15-7-8-19-18(9-15)24(25(30)39)35-37(19)14-23(38)36-13-17(29)10-20(36)26(40)34-22-4-2-3-21(28)33-22/h2-4,7-9,11-12,17,20H,10,13-14H2,1H3,(H2,30,39)(H,33,34,40). The number of carbonyl (C=O) groups excluding carboxylic acids is 3. The highest BCUT2D eigenvalue weighted by Crippen LogP contribution is 2.25. The van der Waals surface area contributed by atoms with Gasteiger partial charge < -0.3 is 20.7 Å². The van der Waals surface area contributed by atoms with Gasteiger partial charge in [0.15, 0.2) is 5.69 Å². The summed E-state index contributed by atoms with van der Waals surface area (Å²) in [5.74, 6) is 4.26. The number of primary amides is 1. The number of carbonyl (C=O) groups is 3. The molecule has 1 saturated heterocycles. The summed E-state index contributed by atoms with van der Waals surface area (Å²) in [7, 11) is 1.46. The molecule has 4 aromatic rings. The lowest BCUT2D eigenvalue weighted by Gasteiger charge is -2.23. The van der Waals surface area contributed by atoms with E-state index in [4.69, 9.17) is 10.5 Å². The Kier molecular flexibility index (Phi) is 7.88. The minimum absolute atomic E-state index is 0.0518. The molecule has 0 aliphatic carbocycles.